The van der Waals surface area contributed by atoms with Gasteiger partial charge in [0.15, 0.2) is 0 Å². The number of hydrogen-bond acceptors (Lipinski definition) is 5. The molecular weight excluding hydrogens is 226 g/mol. The molecule has 0 rings (SSSR count). The standard InChI is InChI=1S/C13H33N5/c1-13(2)12-18-11-10-17-9-8-16-7-6-15-5-4-14-3/h13-18H,4-12H2,1-3H3. The van der Waals surface area contributed by atoms with Gasteiger partial charge in [0, 0.05) is 52.4 Å². The first-order valence-electron chi connectivity index (χ1n) is 7.24. The van der Waals surface area contributed by atoms with E-state index in [1.54, 1.807) is 0 Å². The van der Waals surface area contributed by atoms with Gasteiger partial charge in [-0.3, -0.25) is 0 Å². The molecule has 0 aromatic heterocycles. The van der Waals surface area contributed by atoms with E-state index in [1.165, 1.54) is 0 Å². The van der Waals surface area contributed by atoms with Gasteiger partial charge < -0.3 is 26.6 Å². The second-order valence-corrected chi connectivity index (χ2v) is 4.95. The number of nitrogens with one attached hydrogen (secondary N) is 5. The first kappa shape index (κ1) is 17.8. The summed E-state index contributed by atoms with van der Waals surface area (Å²) in [4.78, 5) is 0. The van der Waals surface area contributed by atoms with Crippen molar-refractivity contribution in [1.82, 2.24) is 26.6 Å². The molecule has 0 amide bonds. The van der Waals surface area contributed by atoms with E-state index in [9.17, 15) is 0 Å². The topological polar surface area (TPSA) is 60.1 Å². The molecule has 0 aliphatic carbocycles. The fourth-order valence-electron chi connectivity index (χ4n) is 1.51. The van der Waals surface area contributed by atoms with Crippen LogP contribution in [0.1, 0.15) is 13.8 Å². The molecule has 0 atom stereocenters. The van der Waals surface area contributed by atoms with Gasteiger partial charge in [-0.2, -0.15) is 0 Å². The van der Waals surface area contributed by atoms with Crippen LogP contribution >= 0.6 is 0 Å². The molecule has 0 heterocycles. The van der Waals surface area contributed by atoms with Crippen LogP contribution in [0.3, 0.4) is 0 Å². The Labute approximate surface area is 113 Å². The summed E-state index contributed by atoms with van der Waals surface area (Å²) in [6, 6.07) is 0. The van der Waals surface area contributed by atoms with Crippen LogP contribution < -0.4 is 26.6 Å². The third kappa shape index (κ3) is 15.8. The molecule has 0 aromatic carbocycles. The fraction of sp³-hybridized carbons (Fsp3) is 1.00. The second-order valence-electron chi connectivity index (χ2n) is 4.95. The van der Waals surface area contributed by atoms with E-state index in [-0.39, 0.29) is 0 Å². The van der Waals surface area contributed by atoms with E-state index in [4.69, 9.17) is 0 Å². The van der Waals surface area contributed by atoms with Gasteiger partial charge in [0.05, 0.1) is 0 Å². The fourth-order valence-corrected chi connectivity index (χ4v) is 1.51. The summed E-state index contributed by atoms with van der Waals surface area (Å²) in [6.45, 7) is 13.9. The van der Waals surface area contributed by atoms with Crippen LogP contribution in [0.25, 0.3) is 0 Å². The van der Waals surface area contributed by atoms with E-state index in [1.807, 2.05) is 7.05 Å². The van der Waals surface area contributed by atoms with Crippen molar-refractivity contribution in [2.75, 3.05) is 66.0 Å². The third-order valence-electron chi connectivity index (χ3n) is 2.54. The molecule has 0 aliphatic rings. The first-order valence-corrected chi connectivity index (χ1v) is 7.24. The number of rotatable bonds is 14. The van der Waals surface area contributed by atoms with Crippen molar-refractivity contribution in [2.45, 2.75) is 13.8 Å². The van der Waals surface area contributed by atoms with Crippen LogP contribution in [0.4, 0.5) is 0 Å². The Balaban J connectivity index is 2.90. The number of likely N-dealkylation sites (N-methyl/N-ethyl adjacent to an activating group) is 1. The van der Waals surface area contributed by atoms with E-state index in [0.29, 0.717) is 0 Å². The average Bonchev–Trinajstić information content (AvgIpc) is 2.34. The van der Waals surface area contributed by atoms with Crippen molar-refractivity contribution in [1.29, 1.82) is 0 Å². The molecular formula is C13H33N5. The van der Waals surface area contributed by atoms with Gasteiger partial charge in [-0.15, -0.1) is 0 Å². The van der Waals surface area contributed by atoms with Gasteiger partial charge in [-0.25, -0.2) is 0 Å². The Kier molecular flexibility index (Phi) is 14.7. The van der Waals surface area contributed by atoms with Crippen LogP contribution in [0.15, 0.2) is 0 Å². The minimum atomic E-state index is 0.738. The molecule has 5 N–H and O–H groups in total. The minimum absolute atomic E-state index is 0.738. The van der Waals surface area contributed by atoms with Crippen molar-refractivity contribution in [3.05, 3.63) is 0 Å². The quantitative estimate of drug-likeness (QED) is 0.265. The summed E-state index contributed by atoms with van der Waals surface area (Å²) >= 11 is 0. The van der Waals surface area contributed by atoms with Crippen LogP contribution in [0, 0.1) is 5.92 Å². The highest BCUT2D eigenvalue weighted by molar-refractivity contribution is 4.57. The molecule has 0 spiro atoms. The summed E-state index contributed by atoms with van der Waals surface area (Å²) < 4.78 is 0. The van der Waals surface area contributed by atoms with E-state index in [0.717, 1.165) is 64.8 Å². The average molecular weight is 259 g/mol. The molecule has 0 unspecified atom stereocenters. The lowest BCUT2D eigenvalue weighted by molar-refractivity contribution is 0.527. The lowest BCUT2D eigenvalue weighted by atomic mass is 10.2. The van der Waals surface area contributed by atoms with Gasteiger partial charge in [-0.1, -0.05) is 13.8 Å². The molecule has 0 fully saturated rings. The zero-order valence-electron chi connectivity index (χ0n) is 12.4. The Bertz CT molecular complexity index is 152. The third-order valence-corrected chi connectivity index (χ3v) is 2.54. The van der Waals surface area contributed by atoms with E-state index >= 15 is 0 Å². The van der Waals surface area contributed by atoms with Crippen molar-refractivity contribution in [3.63, 3.8) is 0 Å². The van der Waals surface area contributed by atoms with Crippen LogP contribution in [0.2, 0.25) is 0 Å². The molecule has 0 saturated heterocycles. The van der Waals surface area contributed by atoms with Gasteiger partial charge in [0.2, 0.25) is 0 Å². The maximum Gasteiger partial charge on any atom is 0.00772 e. The lowest BCUT2D eigenvalue weighted by Gasteiger charge is -2.09. The monoisotopic (exact) mass is 259 g/mol. The lowest BCUT2D eigenvalue weighted by Crippen LogP contribution is -2.36. The summed E-state index contributed by atoms with van der Waals surface area (Å²) in [5, 5.41) is 16.7. The Morgan fingerprint density at radius 2 is 1.00 bits per heavy atom. The molecule has 0 bridgehead atoms. The van der Waals surface area contributed by atoms with Crippen molar-refractivity contribution < 1.29 is 0 Å². The van der Waals surface area contributed by atoms with Gasteiger partial charge in [0.25, 0.3) is 0 Å². The molecule has 0 aliphatic heterocycles. The maximum atomic E-state index is 3.42. The van der Waals surface area contributed by atoms with Gasteiger partial charge >= 0.3 is 0 Å². The molecule has 110 valence electrons. The molecule has 5 heteroatoms. The minimum Gasteiger partial charge on any atom is -0.318 e. The number of hydrogen-bond donors (Lipinski definition) is 5. The molecule has 0 aromatic rings. The summed E-state index contributed by atoms with van der Waals surface area (Å²) in [5.74, 6) is 0.738. The summed E-state index contributed by atoms with van der Waals surface area (Å²) in [7, 11) is 1.97. The van der Waals surface area contributed by atoms with E-state index < -0.39 is 0 Å². The van der Waals surface area contributed by atoms with Gasteiger partial charge in [0.1, 0.15) is 0 Å². The highest BCUT2D eigenvalue weighted by Crippen LogP contribution is 1.85. The normalized spacial score (nSPS) is 11.3. The predicted octanol–water partition coefficient (Wildman–Crippen LogP) is -0.780. The second kappa shape index (κ2) is 14.9. The van der Waals surface area contributed by atoms with Gasteiger partial charge in [-0.05, 0) is 19.5 Å². The smallest absolute Gasteiger partial charge is 0.00772 e. The zero-order chi connectivity index (χ0) is 13.5. The Morgan fingerprint density at radius 3 is 1.39 bits per heavy atom. The highest BCUT2D eigenvalue weighted by Gasteiger charge is 1.92. The molecule has 18 heavy (non-hydrogen) atoms. The molecule has 0 saturated carbocycles. The van der Waals surface area contributed by atoms with Crippen LogP contribution in [-0.2, 0) is 0 Å². The molecule has 0 radical (unpaired) electrons. The zero-order valence-corrected chi connectivity index (χ0v) is 12.4. The Hall–Kier alpha value is -0.200. The first-order chi connectivity index (χ1) is 8.77. The highest BCUT2D eigenvalue weighted by atomic mass is 15.0. The predicted molar refractivity (Wildman–Crippen MR) is 80.2 cm³/mol. The van der Waals surface area contributed by atoms with Crippen LogP contribution in [-0.4, -0.2) is 66.0 Å². The SMILES string of the molecule is CNCCNCCNCCNCCNCC(C)C. The summed E-state index contributed by atoms with van der Waals surface area (Å²) in [6.07, 6.45) is 0. The molecule has 5 nitrogen and oxygen atoms in total. The summed E-state index contributed by atoms with van der Waals surface area (Å²) in [5.41, 5.74) is 0. The van der Waals surface area contributed by atoms with E-state index in [2.05, 4.69) is 40.4 Å². The maximum absolute atomic E-state index is 3.42. The van der Waals surface area contributed by atoms with Crippen molar-refractivity contribution in [3.8, 4) is 0 Å². The Morgan fingerprint density at radius 1 is 0.611 bits per heavy atom. The largest absolute Gasteiger partial charge is 0.318 e. The van der Waals surface area contributed by atoms with Crippen molar-refractivity contribution in [2.24, 2.45) is 5.92 Å². The van der Waals surface area contributed by atoms with Crippen molar-refractivity contribution >= 4 is 0 Å². The van der Waals surface area contributed by atoms with Crippen LogP contribution in [0.5, 0.6) is 0 Å².